The fourth-order valence-corrected chi connectivity index (χ4v) is 2.96. The fraction of sp³-hybridized carbons (Fsp3) is 0.200. The first-order chi connectivity index (χ1) is 9.06. The van der Waals surface area contributed by atoms with Crippen LogP contribution in [-0.4, -0.2) is 10.9 Å². The van der Waals surface area contributed by atoms with Gasteiger partial charge in [-0.1, -0.05) is 23.7 Å². The summed E-state index contributed by atoms with van der Waals surface area (Å²) in [7, 11) is 0. The molecule has 0 amide bonds. The summed E-state index contributed by atoms with van der Waals surface area (Å²) >= 11 is 7.39. The molecule has 2 aromatic rings. The largest absolute Gasteiger partial charge is 0.388 e. The molecular weight excluding hydrogens is 283 g/mol. The summed E-state index contributed by atoms with van der Waals surface area (Å²) in [6.45, 7) is 1.86. The summed E-state index contributed by atoms with van der Waals surface area (Å²) in [5, 5.41) is 10.8. The fourth-order valence-electron chi connectivity index (χ4n) is 1.79. The van der Waals surface area contributed by atoms with E-state index >= 15 is 0 Å². The van der Waals surface area contributed by atoms with Crippen LogP contribution < -0.4 is 0 Å². The molecule has 0 aliphatic rings. The Kier molecular flexibility index (Phi) is 4.86. The lowest BCUT2D eigenvalue weighted by atomic mass is 10.0. The highest BCUT2D eigenvalue weighted by molar-refractivity contribution is 7.99. The van der Waals surface area contributed by atoms with Crippen molar-refractivity contribution in [3.8, 4) is 0 Å². The Bertz CT molecular complexity index is 574. The SMILES string of the molecule is Cc1ccc(F)cc1C(O)CSc1cccc(Cl)c1. The van der Waals surface area contributed by atoms with Gasteiger partial charge in [0.05, 0.1) is 6.10 Å². The van der Waals surface area contributed by atoms with Crippen LogP contribution in [0.1, 0.15) is 17.2 Å². The highest BCUT2D eigenvalue weighted by Gasteiger charge is 2.12. The third kappa shape index (κ3) is 3.96. The van der Waals surface area contributed by atoms with Crippen LogP contribution in [0.15, 0.2) is 47.4 Å². The first-order valence-electron chi connectivity index (χ1n) is 5.89. The van der Waals surface area contributed by atoms with Gasteiger partial charge in [-0.3, -0.25) is 0 Å². The first kappa shape index (κ1) is 14.4. The average molecular weight is 297 g/mol. The van der Waals surface area contributed by atoms with Gasteiger partial charge in [0.1, 0.15) is 5.82 Å². The zero-order valence-corrected chi connectivity index (χ0v) is 12.0. The Hall–Kier alpha value is -1.03. The maximum atomic E-state index is 13.2. The van der Waals surface area contributed by atoms with Gasteiger partial charge >= 0.3 is 0 Å². The molecule has 0 spiro atoms. The summed E-state index contributed by atoms with van der Waals surface area (Å²) in [4.78, 5) is 0.987. The Balaban J connectivity index is 2.05. The van der Waals surface area contributed by atoms with E-state index in [0.717, 1.165) is 10.5 Å². The van der Waals surface area contributed by atoms with E-state index in [1.165, 1.54) is 23.9 Å². The van der Waals surface area contributed by atoms with Crippen LogP contribution in [0.5, 0.6) is 0 Å². The van der Waals surface area contributed by atoms with Crippen LogP contribution in [0, 0.1) is 12.7 Å². The number of benzene rings is 2. The third-order valence-corrected chi connectivity index (χ3v) is 4.11. The Labute approximate surface area is 121 Å². The maximum Gasteiger partial charge on any atom is 0.123 e. The molecule has 0 saturated carbocycles. The molecule has 0 radical (unpaired) electrons. The van der Waals surface area contributed by atoms with Crippen LogP contribution >= 0.6 is 23.4 Å². The molecule has 100 valence electrons. The third-order valence-electron chi connectivity index (χ3n) is 2.80. The quantitative estimate of drug-likeness (QED) is 0.831. The first-order valence-corrected chi connectivity index (χ1v) is 7.25. The predicted molar refractivity (Wildman–Crippen MR) is 78.3 cm³/mol. The van der Waals surface area contributed by atoms with Crippen molar-refractivity contribution in [1.82, 2.24) is 0 Å². The molecule has 0 aliphatic carbocycles. The molecule has 1 unspecified atom stereocenters. The van der Waals surface area contributed by atoms with E-state index in [1.54, 1.807) is 12.1 Å². The van der Waals surface area contributed by atoms with Gasteiger partial charge in [-0.05, 0) is 48.4 Å². The van der Waals surface area contributed by atoms with Crippen molar-refractivity contribution in [2.24, 2.45) is 0 Å². The molecule has 2 rings (SSSR count). The molecule has 1 atom stereocenters. The van der Waals surface area contributed by atoms with Gasteiger partial charge in [0.25, 0.3) is 0 Å². The van der Waals surface area contributed by atoms with Gasteiger partial charge in [0.15, 0.2) is 0 Å². The van der Waals surface area contributed by atoms with E-state index in [1.807, 2.05) is 25.1 Å². The predicted octanol–water partition coefficient (Wildman–Crippen LogP) is 4.61. The van der Waals surface area contributed by atoms with Gasteiger partial charge < -0.3 is 5.11 Å². The molecule has 0 heterocycles. The van der Waals surface area contributed by atoms with E-state index in [9.17, 15) is 9.50 Å². The lowest BCUT2D eigenvalue weighted by Crippen LogP contribution is -2.03. The standard InChI is InChI=1S/C15H14ClFOS/c1-10-5-6-12(17)8-14(10)15(18)9-19-13-4-2-3-11(16)7-13/h2-8,15,18H,9H2,1H3. The van der Waals surface area contributed by atoms with E-state index in [-0.39, 0.29) is 5.82 Å². The molecule has 19 heavy (non-hydrogen) atoms. The molecule has 4 heteroatoms. The maximum absolute atomic E-state index is 13.2. The number of hydrogen-bond donors (Lipinski definition) is 1. The highest BCUT2D eigenvalue weighted by atomic mass is 35.5. The van der Waals surface area contributed by atoms with Gasteiger partial charge in [0, 0.05) is 15.7 Å². The minimum absolute atomic E-state index is 0.326. The number of aliphatic hydroxyl groups excluding tert-OH is 1. The van der Waals surface area contributed by atoms with Crippen molar-refractivity contribution in [2.75, 3.05) is 5.75 Å². The molecule has 0 aliphatic heterocycles. The smallest absolute Gasteiger partial charge is 0.123 e. The molecule has 0 saturated heterocycles. The van der Waals surface area contributed by atoms with E-state index in [4.69, 9.17) is 11.6 Å². The lowest BCUT2D eigenvalue weighted by Gasteiger charge is -2.13. The van der Waals surface area contributed by atoms with Crippen molar-refractivity contribution in [3.05, 3.63) is 64.4 Å². The van der Waals surface area contributed by atoms with Crippen molar-refractivity contribution in [2.45, 2.75) is 17.9 Å². The second-order valence-corrected chi connectivity index (χ2v) is 5.81. The summed E-state index contributed by atoms with van der Waals surface area (Å²) in [6.07, 6.45) is -0.695. The van der Waals surface area contributed by atoms with Crippen molar-refractivity contribution < 1.29 is 9.50 Å². The van der Waals surface area contributed by atoms with Crippen LogP contribution in [0.3, 0.4) is 0 Å². The average Bonchev–Trinajstić information content (AvgIpc) is 2.39. The molecule has 1 nitrogen and oxygen atoms in total. The number of aliphatic hydroxyl groups is 1. The van der Waals surface area contributed by atoms with E-state index < -0.39 is 6.10 Å². The van der Waals surface area contributed by atoms with Crippen molar-refractivity contribution in [3.63, 3.8) is 0 Å². The normalized spacial score (nSPS) is 12.4. The molecular formula is C15H14ClFOS. The molecule has 1 N–H and O–H groups in total. The summed E-state index contributed by atoms with van der Waals surface area (Å²) < 4.78 is 13.2. The zero-order chi connectivity index (χ0) is 13.8. The Morgan fingerprint density at radius 3 is 2.79 bits per heavy atom. The second kappa shape index (κ2) is 6.42. The highest BCUT2D eigenvalue weighted by Crippen LogP contribution is 2.28. The lowest BCUT2D eigenvalue weighted by molar-refractivity contribution is 0.203. The minimum Gasteiger partial charge on any atom is -0.388 e. The van der Waals surface area contributed by atoms with Crippen LogP contribution in [0.25, 0.3) is 0 Å². The van der Waals surface area contributed by atoms with Gasteiger partial charge in [-0.2, -0.15) is 0 Å². The number of halogens is 2. The Morgan fingerprint density at radius 1 is 1.26 bits per heavy atom. The zero-order valence-electron chi connectivity index (χ0n) is 10.4. The van der Waals surface area contributed by atoms with Crippen molar-refractivity contribution in [1.29, 1.82) is 0 Å². The van der Waals surface area contributed by atoms with Gasteiger partial charge in [0.2, 0.25) is 0 Å². The molecule has 2 aromatic carbocycles. The summed E-state index contributed by atoms with van der Waals surface area (Å²) in [5.41, 5.74) is 1.52. The number of rotatable bonds is 4. The van der Waals surface area contributed by atoms with Crippen LogP contribution in [0.4, 0.5) is 4.39 Å². The topological polar surface area (TPSA) is 20.2 Å². The molecule has 0 fully saturated rings. The number of hydrogen-bond acceptors (Lipinski definition) is 2. The summed E-state index contributed by atoms with van der Waals surface area (Å²) in [5.74, 6) is 0.136. The van der Waals surface area contributed by atoms with Crippen LogP contribution in [0.2, 0.25) is 5.02 Å². The number of aryl methyl sites for hydroxylation is 1. The van der Waals surface area contributed by atoms with E-state index in [2.05, 4.69) is 0 Å². The van der Waals surface area contributed by atoms with E-state index in [0.29, 0.717) is 16.3 Å². The monoisotopic (exact) mass is 296 g/mol. The van der Waals surface area contributed by atoms with Crippen molar-refractivity contribution >= 4 is 23.4 Å². The molecule has 0 aromatic heterocycles. The molecule has 0 bridgehead atoms. The summed E-state index contributed by atoms with van der Waals surface area (Å²) in [6, 6.07) is 11.9. The second-order valence-electron chi connectivity index (χ2n) is 4.29. The Morgan fingerprint density at radius 2 is 2.05 bits per heavy atom. The van der Waals surface area contributed by atoms with Gasteiger partial charge in [-0.15, -0.1) is 11.8 Å². The van der Waals surface area contributed by atoms with Crippen LogP contribution in [-0.2, 0) is 0 Å². The number of thioether (sulfide) groups is 1. The van der Waals surface area contributed by atoms with Gasteiger partial charge in [-0.25, -0.2) is 4.39 Å². The minimum atomic E-state index is -0.695.